The molecule has 1 amide bonds. The third-order valence-electron chi connectivity index (χ3n) is 2.70. The number of hydrogen-bond donors (Lipinski definition) is 1. The van der Waals surface area contributed by atoms with Gasteiger partial charge in [0, 0.05) is 6.54 Å². The number of nitrogens with zero attached hydrogens (tertiary/aromatic N) is 1. The number of anilines is 1. The topological polar surface area (TPSA) is 46.3 Å². The first-order valence-corrected chi connectivity index (χ1v) is 5.88. The first-order chi connectivity index (χ1) is 7.61. The number of benzene rings is 1. The lowest BCUT2D eigenvalue weighted by Gasteiger charge is -2.31. The number of rotatable bonds is 1. The minimum absolute atomic E-state index is 0.0876. The smallest absolute Gasteiger partial charge is 0.243 e. The fourth-order valence-electron chi connectivity index (χ4n) is 1.84. The van der Waals surface area contributed by atoms with Crippen molar-refractivity contribution in [1.82, 2.24) is 0 Å². The van der Waals surface area contributed by atoms with Crippen molar-refractivity contribution >= 4 is 34.8 Å². The van der Waals surface area contributed by atoms with E-state index in [0.29, 0.717) is 22.3 Å². The van der Waals surface area contributed by atoms with Crippen LogP contribution < -0.4 is 10.6 Å². The predicted molar refractivity (Wildman–Crippen MR) is 66.0 cm³/mol. The summed E-state index contributed by atoms with van der Waals surface area (Å²) < 4.78 is 0. The second kappa shape index (κ2) is 4.62. The monoisotopic (exact) mass is 258 g/mol. The SMILES string of the molecule is NC1CCCN(c2cccc(Cl)c2Cl)C1=O. The van der Waals surface area contributed by atoms with E-state index in [4.69, 9.17) is 28.9 Å². The van der Waals surface area contributed by atoms with Crippen molar-refractivity contribution in [3.63, 3.8) is 0 Å². The van der Waals surface area contributed by atoms with Gasteiger partial charge >= 0.3 is 0 Å². The molecule has 1 unspecified atom stereocenters. The molecule has 2 rings (SSSR count). The molecule has 16 heavy (non-hydrogen) atoms. The number of carbonyl (C=O) groups excluding carboxylic acids is 1. The molecular formula is C11H12Cl2N2O. The number of amides is 1. The fraction of sp³-hybridized carbons (Fsp3) is 0.364. The summed E-state index contributed by atoms with van der Waals surface area (Å²) in [5.74, 6) is -0.0876. The summed E-state index contributed by atoms with van der Waals surface area (Å²) in [5.41, 5.74) is 6.37. The molecule has 0 bridgehead atoms. The Morgan fingerprint density at radius 2 is 2.12 bits per heavy atom. The molecule has 1 aromatic rings. The molecule has 0 radical (unpaired) electrons. The van der Waals surface area contributed by atoms with E-state index >= 15 is 0 Å². The van der Waals surface area contributed by atoms with Crippen LogP contribution in [0, 0.1) is 0 Å². The molecule has 5 heteroatoms. The number of carbonyl (C=O) groups is 1. The Hall–Kier alpha value is -0.770. The van der Waals surface area contributed by atoms with Gasteiger partial charge in [0.05, 0.1) is 21.8 Å². The summed E-state index contributed by atoms with van der Waals surface area (Å²) in [5, 5.41) is 0.859. The summed E-state index contributed by atoms with van der Waals surface area (Å²) in [6, 6.07) is 4.83. The molecule has 86 valence electrons. The summed E-state index contributed by atoms with van der Waals surface area (Å²) in [6.07, 6.45) is 1.61. The number of piperidine rings is 1. The minimum atomic E-state index is -0.427. The molecule has 0 aromatic heterocycles. The zero-order chi connectivity index (χ0) is 11.7. The van der Waals surface area contributed by atoms with Crippen LogP contribution in [0.25, 0.3) is 0 Å². The lowest BCUT2D eigenvalue weighted by Crippen LogP contribution is -2.48. The predicted octanol–water partition coefficient (Wildman–Crippen LogP) is 2.45. The summed E-state index contributed by atoms with van der Waals surface area (Å²) in [4.78, 5) is 13.5. The average molecular weight is 259 g/mol. The molecule has 0 saturated carbocycles. The molecule has 0 spiro atoms. The quantitative estimate of drug-likeness (QED) is 0.842. The van der Waals surface area contributed by atoms with Gasteiger partial charge in [0.2, 0.25) is 5.91 Å². The van der Waals surface area contributed by atoms with Crippen molar-refractivity contribution in [2.24, 2.45) is 5.73 Å². The van der Waals surface area contributed by atoms with E-state index in [9.17, 15) is 4.79 Å². The highest BCUT2D eigenvalue weighted by Crippen LogP contribution is 2.33. The lowest BCUT2D eigenvalue weighted by molar-refractivity contribution is -0.120. The van der Waals surface area contributed by atoms with Gasteiger partial charge in [-0.15, -0.1) is 0 Å². The second-order valence-corrected chi connectivity index (χ2v) is 4.60. The van der Waals surface area contributed by atoms with Gasteiger partial charge in [0.25, 0.3) is 0 Å². The maximum absolute atomic E-state index is 11.9. The normalized spacial score (nSPS) is 21.3. The first-order valence-electron chi connectivity index (χ1n) is 5.12. The van der Waals surface area contributed by atoms with E-state index in [0.717, 1.165) is 12.8 Å². The van der Waals surface area contributed by atoms with Crippen LogP contribution in [-0.4, -0.2) is 18.5 Å². The molecule has 1 atom stereocenters. The van der Waals surface area contributed by atoms with Crippen molar-refractivity contribution in [1.29, 1.82) is 0 Å². The van der Waals surface area contributed by atoms with Crippen LogP contribution >= 0.6 is 23.2 Å². The Balaban J connectivity index is 2.36. The van der Waals surface area contributed by atoms with Gasteiger partial charge < -0.3 is 10.6 Å². The van der Waals surface area contributed by atoms with Crippen molar-refractivity contribution in [3.05, 3.63) is 28.2 Å². The molecular weight excluding hydrogens is 247 g/mol. The van der Waals surface area contributed by atoms with Gasteiger partial charge in [-0.05, 0) is 25.0 Å². The Labute approximate surface area is 104 Å². The molecule has 0 aliphatic carbocycles. The second-order valence-electron chi connectivity index (χ2n) is 3.81. The molecule has 2 N–H and O–H groups in total. The summed E-state index contributed by atoms with van der Waals surface area (Å²) >= 11 is 12.0. The number of hydrogen-bond acceptors (Lipinski definition) is 2. The van der Waals surface area contributed by atoms with Crippen LogP contribution in [0.15, 0.2) is 18.2 Å². The zero-order valence-electron chi connectivity index (χ0n) is 8.62. The zero-order valence-corrected chi connectivity index (χ0v) is 10.1. The highest BCUT2D eigenvalue weighted by atomic mass is 35.5. The molecule has 3 nitrogen and oxygen atoms in total. The van der Waals surface area contributed by atoms with E-state index in [1.807, 2.05) is 0 Å². The molecule has 1 aromatic carbocycles. The van der Waals surface area contributed by atoms with Gasteiger partial charge in [-0.3, -0.25) is 4.79 Å². The first kappa shape index (κ1) is 11.7. The van der Waals surface area contributed by atoms with Crippen molar-refractivity contribution in [3.8, 4) is 0 Å². The van der Waals surface area contributed by atoms with Gasteiger partial charge in [0.1, 0.15) is 0 Å². The summed E-state index contributed by atoms with van der Waals surface area (Å²) in [7, 11) is 0. The van der Waals surface area contributed by atoms with E-state index < -0.39 is 6.04 Å². The van der Waals surface area contributed by atoms with Crippen LogP contribution in [0.2, 0.25) is 10.0 Å². The molecule has 1 saturated heterocycles. The molecule has 1 heterocycles. The Morgan fingerprint density at radius 3 is 2.88 bits per heavy atom. The largest absolute Gasteiger partial charge is 0.320 e. The van der Waals surface area contributed by atoms with Gasteiger partial charge in [-0.2, -0.15) is 0 Å². The van der Waals surface area contributed by atoms with Gasteiger partial charge in [-0.1, -0.05) is 29.3 Å². The Morgan fingerprint density at radius 1 is 1.38 bits per heavy atom. The van der Waals surface area contributed by atoms with Crippen LogP contribution in [0.4, 0.5) is 5.69 Å². The Kier molecular flexibility index (Phi) is 3.38. The van der Waals surface area contributed by atoms with E-state index in [1.54, 1.807) is 23.1 Å². The molecule has 1 aliphatic rings. The summed E-state index contributed by atoms with van der Waals surface area (Å²) in [6.45, 7) is 0.645. The van der Waals surface area contributed by atoms with Crippen LogP contribution in [0.5, 0.6) is 0 Å². The molecule has 1 aliphatic heterocycles. The van der Waals surface area contributed by atoms with E-state index in [2.05, 4.69) is 0 Å². The van der Waals surface area contributed by atoms with Gasteiger partial charge in [0.15, 0.2) is 0 Å². The number of nitrogens with two attached hydrogens (primary N) is 1. The highest BCUT2D eigenvalue weighted by molar-refractivity contribution is 6.44. The van der Waals surface area contributed by atoms with Gasteiger partial charge in [-0.25, -0.2) is 0 Å². The standard InChI is InChI=1S/C11H12Cl2N2O/c12-7-3-1-5-9(10(7)13)15-6-2-4-8(14)11(15)16/h1,3,5,8H,2,4,6,14H2. The average Bonchev–Trinajstić information content (AvgIpc) is 2.27. The molecule has 1 fully saturated rings. The highest BCUT2D eigenvalue weighted by Gasteiger charge is 2.28. The fourth-order valence-corrected chi connectivity index (χ4v) is 2.24. The minimum Gasteiger partial charge on any atom is -0.320 e. The van der Waals surface area contributed by atoms with Crippen molar-refractivity contribution in [2.45, 2.75) is 18.9 Å². The third kappa shape index (κ3) is 2.03. The van der Waals surface area contributed by atoms with E-state index in [-0.39, 0.29) is 5.91 Å². The van der Waals surface area contributed by atoms with Crippen molar-refractivity contribution in [2.75, 3.05) is 11.4 Å². The van der Waals surface area contributed by atoms with Crippen LogP contribution in [-0.2, 0) is 4.79 Å². The third-order valence-corrected chi connectivity index (χ3v) is 3.51. The van der Waals surface area contributed by atoms with Crippen LogP contribution in [0.3, 0.4) is 0 Å². The van der Waals surface area contributed by atoms with Crippen LogP contribution in [0.1, 0.15) is 12.8 Å². The van der Waals surface area contributed by atoms with Crippen molar-refractivity contribution < 1.29 is 4.79 Å². The lowest BCUT2D eigenvalue weighted by atomic mass is 10.0. The maximum Gasteiger partial charge on any atom is 0.243 e. The maximum atomic E-state index is 11.9. The number of halogens is 2. The van der Waals surface area contributed by atoms with E-state index in [1.165, 1.54) is 0 Å². The Bertz CT molecular complexity index is 422.